The molecule has 5 nitrogen and oxygen atoms in total. The van der Waals surface area contributed by atoms with Gasteiger partial charge in [0.2, 0.25) is 17.2 Å². The SMILES string of the molecule is CCOc1c(O)cc(O)c(OC)c1O. The van der Waals surface area contributed by atoms with Crippen LogP contribution in [0.15, 0.2) is 6.07 Å². The Bertz CT molecular complexity index is 334. The highest BCUT2D eigenvalue weighted by Crippen LogP contribution is 2.48. The van der Waals surface area contributed by atoms with Gasteiger partial charge in [-0.1, -0.05) is 0 Å². The van der Waals surface area contributed by atoms with Gasteiger partial charge in [0.25, 0.3) is 0 Å². The summed E-state index contributed by atoms with van der Waals surface area (Å²) in [6.45, 7) is 1.99. The molecule has 3 N–H and O–H groups in total. The van der Waals surface area contributed by atoms with Gasteiger partial charge in [-0.25, -0.2) is 0 Å². The molecule has 14 heavy (non-hydrogen) atoms. The van der Waals surface area contributed by atoms with Crippen LogP contribution >= 0.6 is 0 Å². The Morgan fingerprint density at radius 2 is 1.71 bits per heavy atom. The average molecular weight is 200 g/mol. The lowest BCUT2D eigenvalue weighted by atomic mass is 10.2. The number of rotatable bonds is 3. The van der Waals surface area contributed by atoms with Crippen LogP contribution in [0.2, 0.25) is 0 Å². The van der Waals surface area contributed by atoms with Gasteiger partial charge in [-0.15, -0.1) is 0 Å². The maximum absolute atomic E-state index is 9.51. The predicted molar refractivity (Wildman–Crippen MR) is 49.2 cm³/mol. The molecular weight excluding hydrogens is 188 g/mol. The standard InChI is InChI=1S/C9H12O5/c1-3-14-9-6(11)4-5(10)8(13-2)7(9)12/h4,10-12H,3H2,1-2H3. The third-order valence-corrected chi connectivity index (χ3v) is 1.66. The van der Waals surface area contributed by atoms with Crippen molar-refractivity contribution < 1.29 is 24.8 Å². The molecular formula is C9H12O5. The van der Waals surface area contributed by atoms with E-state index < -0.39 is 5.75 Å². The fraction of sp³-hybridized carbons (Fsp3) is 0.333. The molecule has 0 saturated heterocycles. The summed E-state index contributed by atoms with van der Waals surface area (Å²) in [6.07, 6.45) is 0. The highest BCUT2D eigenvalue weighted by molar-refractivity contribution is 5.63. The zero-order chi connectivity index (χ0) is 10.7. The second-order valence-electron chi connectivity index (χ2n) is 2.56. The molecule has 0 unspecified atom stereocenters. The number of phenols is 3. The molecule has 0 heterocycles. The molecule has 0 fully saturated rings. The molecule has 0 atom stereocenters. The van der Waals surface area contributed by atoms with Gasteiger partial charge < -0.3 is 24.8 Å². The van der Waals surface area contributed by atoms with E-state index in [-0.39, 0.29) is 29.6 Å². The second-order valence-corrected chi connectivity index (χ2v) is 2.56. The fourth-order valence-corrected chi connectivity index (χ4v) is 1.09. The van der Waals surface area contributed by atoms with E-state index in [0.717, 1.165) is 6.07 Å². The molecule has 0 amide bonds. The Labute approximate surface area is 81.1 Å². The molecule has 0 aromatic heterocycles. The maximum Gasteiger partial charge on any atom is 0.208 e. The number of phenolic OH excluding ortho intramolecular Hbond substituents is 3. The van der Waals surface area contributed by atoms with Gasteiger partial charge in [0.1, 0.15) is 0 Å². The molecule has 1 aromatic carbocycles. The van der Waals surface area contributed by atoms with Crippen LogP contribution in [-0.4, -0.2) is 29.0 Å². The van der Waals surface area contributed by atoms with Crippen molar-refractivity contribution in [2.24, 2.45) is 0 Å². The van der Waals surface area contributed by atoms with Gasteiger partial charge in [-0.05, 0) is 6.92 Å². The van der Waals surface area contributed by atoms with E-state index in [1.807, 2.05) is 0 Å². The van der Waals surface area contributed by atoms with Crippen molar-refractivity contribution in [2.75, 3.05) is 13.7 Å². The minimum absolute atomic E-state index is 0.0952. The van der Waals surface area contributed by atoms with E-state index in [2.05, 4.69) is 0 Å². The molecule has 5 heteroatoms. The average Bonchev–Trinajstić information content (AvgIpc) is 2.12. The maximum atomic E-state index is 9.51. The van der Waals surface area contributed by atoms with E-state index >= 15 is 0 Å². The molecule has 0 aliphatic heterocycles. The summed E-state index contributed by atoms with van der Waals surface area (Å²) in [5, 5.41) is 28.1. The molecule has 0 radical (unpaired) electrons. The lowest BCUT2D eigenvalue weighted by molar-refractivity contribution is 0.281. The van der Waals surface area contributed by atoms with Crippen LogP contribution in [0, 0.1) is 0 Å². The van der Waals surface area contributed by atoms with E-state index in [1.165, 1.54) is 7.11 Å². The van der Waals surface area contributed by atoms with E-state index in [1.54, 1.807) is 6.92 Å². The summed E-state index contributed by atoms with van der Waals surface area (Å²) in [6, 6.07) is 1.05. The van der Waals surface area contributed by atoms with Gasteiger partial charge >= 0.3 is 0 Å². The Hall–Kier alpha value is -1.78. The summed E-state index contributed by atoms with van der Waals surface area (Å²) >= 11 is 0. The van der Waals surface area contributed by atoms with Gasteiger partial charge in [0, 0.05) is 6.07 Å². The van der Waals surface area contributed by atoms with Crippen molar-refractivity contribution in [3.63, 3.8) is 0 Å². The first kappa shape index (κ1) is 10.3. The monoisotopic (exact) mass is 200 g/mol. The Balaban J connectivity index is 3.28. The number of hydrogen-bond acceptors (Lipinski definition) is 5. The first-order valence-electron chi connectivity index (χ1n) is 4.06. The minimum Gasteiger partial charge on any atom is -0.504 e. The summed E-state index contributed by atoms with van der Waals surface area (Å²) in [5.74, 6) is -1.30. The molecule has 0 bridgehead atoms. The van der Waals surface area contributed by atoms with Gasteiger partial charge in [-0.3, -0.25) is 0 Å². The van der Waals surface area contributed by atoms with Crippen molar-refractivity contribution >= 4 is 0 Å². The molecule has 78 valence electrons. The number of aromatic hydroxyl groups is 3. The molecule has 0 spiro atoms. The largest absolute Gasteiger partial charge is 0.504 e. The van der Waals surface area contributed by atoms with E-state index in [4.69, 9.17) is 9.47 Å². The molecule has 0 aliphatic rings. The minimum atomic E-state index is -0.410. The van der Waals surface area contributed by atoms with Crippen LogP contribution in [0.4, 0.5) is 0 Å². The lowest BCUT2D eigenvalue weighted by Crippen LogP contribution is -1.94. The highest BCUT2D eigenvalue weighted by Gasteiger charge is 2.18. The van der Waals surface area contributed by atoms with Gasteiger partial charge in [-0.2, -0.15) is 0 Å². The topological polar surface area (TPSA) is 79.2 Å². The third kappa shape index (κ3) is 1.61. The van der Waals surface area contributed by atoms with Crippen LogP contribution in [-0.2, 0) is 0 Å². The zero-order valence-electron chi connectivity index (χ0n) is 7.94. The Kier molecular flexibility index (Phi) is 2.91. The van der Waals surface area contributed by atoms with E-state index in [9.17, 15) is 15.3 Å². The van der Waals surface area contributed by atoms with Crippen LogP contribution in [0.3, 0.4) is 0 Å². The number of hydrogen-bond donors (Lipinski definition) is 3. The van der Waals surface area contributed by atoms with Crippen molar-refractivity contribution in [3.8, 4) is 28.7 Å². The van der Waals surface area contributed by atoms with Crippen molar-refractivity contribution in [3.05, 3.63) is 6.07 Å². The second kappa shape index (κ2) is 3.95. The molecule has 1 aromatic rings. The predicted octanol–water partition coefficient (Wildman–Crippen LogP) is 1.21. The van der Waals surface area contributed by atoms with Crippen molar-refractivity contribution in [1.29, 1.82) is 0 Å². The smallest absolute Gasteiger partial charge is 0.208 e. The van der Waals surface area contributed by atoms with Crippen LogP contribution in [0.1, 0.15) is 6.92 Å². The summed E-state index contributed by atoms with van der Waals surface area (Å²) in [5.41, 5.74) is 0. The zero-order valence-corrected chi connectivity index (χ0v) is 7.94. The number of ether oxygens (including phenoxy) is 2. The molecule has 0 saturated carbocycles. The van der Waals surface area contributed by atoms with E-state index in [0.29, 0.717) is 0 Å². The van der Waals surface area contributed by atoms with Gasteiger partial charge in [0.15, 0.2) is 11.5 Å². The van der Waals surface area contributed by atoms with Gasteiger partial charge in [0.05, 0.1) is 13.7 Å². The fourth-order valence-electron chi connectivity index (χ4n) is 1.09. The van der Waals surface area contributed by atoms with Crippen LogP contribution < -0.4 is 9.47 Å². The third-order valence-electron chi connectivity index (χ3n) is 1.66. The Morgan fingerprint density at radius 3 is 2.21 bits per heavy atom. The normalized spacial score (nSPS) is 9.86. The van der Waals surface area contributed by atoms with Crippen LogP contribution in [0.5, 0.6) is 28.7 Å². The van der Waals surface area contributed by atoms with Crippen molar-refractivity contribution in [2.45, 2.75) is 6.92 Å². The molecule has 0 aliphatic carbocycles. The van der Waals surface area contributed by atoms with Crippen LogP contribution in [0.25, 0.3) is 0 Å². The summed E-state index contributed by atoms with van der Waals surface area (Å²) in [4.78, 5) is 0. The number of methoxy groups -OCH3 is 1. The molecule has 1 rings (SSSR count). The quantitative estimate of drug-likeness (QED) is 0.683. The Morgan fingerprint density at radius 1 is 1.14 bits per heavy atom. The first-order valence-corrected chi connectivity index (χ1v) is 4.06. The number of benzene rings is 1. The highest BCUT2D eigenvalue weighted by atomic mass is 16.5. The first-order chi connectivity index (χ1) is 6.61. The summed E-state index contributed by atoms with van der Waals surface area (Å²) in [7, 11) is 1.29. The van der Waals surface area contributed by atoms with Crippen molar-refractivity contribution in [1.82, 2.24) is 0 Å². The summed E-state index contributed by atoms with van der Waals surface area (Å²) < 4.78 is 9.70. The lowest BCUT2D eigenvalue weighted by Gasteiger charge is -2.12.